The number of thiophene rings is 1. The maximum absolute atomic E-state index is 12.4. The number of esters is 1. The van der Waals surface area contributed by atoms with Crippen molar-refractivity contribution in [2.75, 3.05) is 23.9 Å². The Morgan fingerprint density at radius 2 is 2.00 bits per heavy atom. The lowest BCUT2D eigenvalue weighted by atomic mass is 10.1. The van der Waals surface area contributed by atoms with Crippen molar-refractivity contribution in [3.63, 3.8) is 0 Å². The normalized spacial score (nSPS) is 13.4. The van der Waals surface area contributed by atoms with Gasteiger partial charge in [-0.05, 0) is 43.9 Å². The minimum Gasteiger partial charge on any atom is -0.465 e. The SMILES string of the molecule is CCn1c(=NC(=O)CSCC(=O)Nc2sc3c(c2C(=O)OC)CCC3)sc2ccccc21. The molecule has 0 saturated heterocycles. The summed E-state index contributed by atoms with van der Waals surface area (Å²) < 4.78 is 8.00. The summed E-state index contributed by atoms with van der Waals surface area (Å²) in [6.07, 6.45) is 2.76. The molecule has 168 valence electrons. The molecule has 4 rings (SSSR count). The number of nitrogens with one attached hydrogen (secondary N) is 1. The number of rotatable bonds is 7. The summed E-state index contributed by atoms with van der Waals surface area (Å²) in [6, 6.07) is 7.96. The minimum absolute atomic E-state index is 0.102. The van der Waals surface area contributed by atoms with Gasteiger partial charge >= 0.3 is 5.97 Å². The van der Waals surface area contributed by atoms with Gasteiger partial charge in [0.1, 0.15) is 5.00 Å². The number of thiazole rings is 1. The Hall–Kier alpha value is -2.43. The number of benzene rings is 1. The molecule has 32 heavy (non-hydrogen) atoms. The molecule has 2 amide bonds. The number of aromatic nitrogens is 1. The highest BCUT2D eigenvalue weighted by molar-refractivity contribution is 8.00. The van der Waals surface area contributed by atoms with Crippen LogP contribution < -0.4 is 10.1 Å². The van der Waals surface area contributed by atoms with E-state index in [4.69, 9.17) is 4.74 Å². The molecule has 10 heteroatoms. The number of carbonyl (C=O) groups is 3. The number of ether oxygens (including phenoxy) is 1. The van der Waals surface area contributed by atoms with Crippen LogP contribution in [0.5, 0.6) is 0 Å². The van der Waals surface area contributed by atoms with Crippen LogP contribution in [0.3, 0.4) is 0 Å². The molecule has 1 N–H and O–H groups in total. The first-order valence-corrected chi connectivity index (χ1v) is 13.1. The molecule has 0 aliphatic heterocycles. The van der Waals surface area contributed by atoms with E-state index in [0.717, 1.165) is 46.5 Å². The number of amides is 2. The van der Waals surface area contributed by atoms with Crippen LogP contribution in [0.2, 0.25) is 0 Å². The van der Waals surface area contributed by atoms with Gasteiger partial charge in [0.25, 0.3) is 5.91 Å². The van der Waals surface area contributed by atoms with Gasteiger partial charge in [-0.2, -0.15) is 4.99 Å². The maximum atomic E-state index is 12.4. The van der Waals surface area contributed by atoms with Crippen molar-refractivity contribution < 1.29 is 19.1 Å². The Kier molecular flexibility index (Phi) is 7.12. The van der Waals surface area contributed by atoms with Crippen LogP contribution >= 0.6 is 34.4 Å². The predicted molar refractivity (Wildman–Crippen MR) is 130 cm³/mol. The summed E-state index contributed by atoms with van der Waals surface area (Å²) in [5.41, 5.74) is 2.53. The number of anilines is 1. The third-order valence-corrected chi connectivity index (χ3v) is 8.33. The average Bonchev–Trinajstić information content (AvgIpc) is 3.45. The quantitative estimate of drug-likeness (QED) is 0.509. The van der Waals surface area contributed by atoms with Gasteiger partial charge in [0, 0.05) is 11.4 Å². The summed E-state index contributed by atoms with van der Waals surface area (Å²) in [5.74, 6) is -0.741. The molecule has 7 nitrogen and oxygen atoms in total. The maximum Gasteiger partial charge on any atom is 0.341 e. The summed E-state index contributed by atoms with van der Waals surface area (Å²) in [4.78, 5) is 43.1. The first-order valence-electron chi connectivity index (χ1n) is 10.3. The fraction of sp³-hybridized carbons (Fsp3) is 0.364. The van der Waals surface area contributed by atoms with E-state index in [0.29, 0.717) is 15.4 Å². The van der Waals surface area contributed by atoms with Crippen molar-refractivity contribution >= 4 is 67.4 Å². The number of para-hydroxylation sites is 1. The van der Waals surface area contributed by atoms with Crippen LogP contribution in [0.4, 0.5) is 5.00 Å². The summed E-state index contributed by atoms with van der Waals surface area (Å²) in [6.45, 7) is 2.74. The van der Waals surface area contributed by atoms with E-state index in [2.05, 4.69) is 10.3 Å². The zero-order valence-corrected chi connectivity index (χ0v) is 20.3. The highest BCUT2D eigenvalue weighted by atomic mass is 32.2. The van der Waals surface area contributed by atoms with E-state index in [1.807, 2.05) is 35.8 Å². The topological polar surface area (TPSA) is 89.8 Å². The molecule has 2 aromatic heterocycles. The van der Waals surface area contributed by atoms with Gasteiger partial charge in [0.05, 0.1) is 34.4 Å². The molecular weight excluding hydrogens is 466 g/mol. The minimum atomic E-state index is -0.422. The fourth-order valence-corrected chi connectivity index (χ4v) is 6.76. The number of carbonyl (C=O) groups excluding carboxylic acids is 3. The van der Waals surface area contributed by atoms with Gasteiger partial charge in [-0.1, -0.05) is 23.5 Å². The fourth-order valence-electron chi connectivity index (χ4n) is 3.75. The molecule has 1 aliphatic rings. The lowest BCUT2D eigenvalue weighted by Crippen LogP contribution is -2.18. The van der Waals surface area contributed by atoms with Crippen LogP contribution in [0.25, 0.3) is 10.2 Å². The first kappa shape index (κ1) is 22.8. The lowest BCUT2D eigenvalue weighted by molar-refractivity contribution is -0.115. The molecule has 0 atom stereocenters. The van der Waals surface area contributed by atoms with Gasteiger partial charge in [0.2, 0.25) is 5.91 Å². The second-order valence-corrected chi connectivity index (χ2v) is 10.3. The standard InChI is InChI=1S/C22H23N3O4S3/c1-3-25-14-8-4-5-9-16(14)32-22(25)24-18(27)12-30-11-17(26)23-20-19(21(28)29-2)13-7-6-10-15(13)31-20/h4-5,8-9H,3,6-7,10-12H2,1-2H3,(H,23,26). The molecule has 3 aromatic rings. The van der Waals surface area contributed by atoms with E-state index in [1.165, 1.54) is 41.5 Å². The monoisotopic (exact) mass is 489 g/mol. The molecule has 1 aromatic carbocycles. The van der Waals surface area contributed by atoms with Crippen LogP contribution in [0, 0.1) is 0 Å². The van der Waals surface area contributed by atoms with Crippen LogP contribution in [-0.2, 0) is 33.7 Å². The van der Waals surface area contributed by atoms with Gasteiger partial charge in [0.15, 0.2) is 4.80 Å². The summed E-state index contributed by atoms with van der Waals surface area (Å²) in [5, 5.41) is 3.37. The highest BCUT2D eigenvalue weighted by Crippen LogP contribution is 2.39. The molecule has 0 fully saturated rings. The van der Waals surface area contributed by atoms with Gasteiger partial charge in [-0.25, -0.2) is 4.79 Å². The zero-order valence-electron chi connectivity index (χ0n) is 17.8. The Labute approximate surface area is 197 Å². The van der Waals surface area contributed by atoms with Gasteiger partial charge < -0.3 is 14.6 Å². The number of nitrogens with zero attached hydrogens (tertiary/aromatic N) is 2. The third-order valence-electron chi connectivity index (χ3n) is 5.15. The second-order valence-electron chi connectivity index (χ2n) is 7.20. The predicted octanol–water partition coefficient (Wildman–Crippen LogP) is 3.86. The van der Waals surface area contributed by atoms with Crippen molar-refractivity contribution in [2.24, 2.45) is 4.99 Å². The van der Waals surface area contributed by atoms with Crippen molar-refractivity contribution in [3.05, 3.63) is 45.1 Å². The number of aryl methyl sites for hydroxylation is 2. The lowest BCUT2D eigenvalue weighted by Gasteiger charge is -2.06. The second kappa shape index (κ2) is 10.0. The molecule has 0 unspecified atom stereocenters. The van der Waals surface area contributed by atoms with Crippen LogP contribution in [0.1, 0.15) is 34.1 Å². The zero-order chi connectivity index (χ0) is 22.7. The van der Waals surface area contributed by atoms with Crippen LogP contribution in [0.15, 0.2) is 29.3 Å². The number of fused-ring (bicyclic) bond motifs is 2. The number of hydrogen-bond donors (Lipinski definition) is 1. The first-order chi connectivity index (χ1) is 15.5. The van der Waals surface area contributed by atoms with Gasteiger partial charge in [-0.15, -0.1) is 23.1 Å². The molecule has 0 bridgehead atoms. The van der Waals surface area contributed by atoms with E-state index in [1.54, 1.807) is 0 Å². The average molecular weight is 490 g/mol. The Morgan fingerprint density at radius 3 is 2.78 bits per heavy atom. The Morgan fingerprint density at radius 1 is 1.19 bits per heavy atom. The third kappa shape index (κ3) is 4.67. The molecule has 0 saturated carbocycles. The van der Waals surface area contributed by atoms with E-state index >= 15 is 0 Å². The van der Waals surface area contributed by atoms with Gasteiger partial charge in [-0.3, -0.25) is 9.59 Å². The van der Waals surface area contributed by atoms with Crippen molar-refractivity contribution in [2.45, 2.75) is 32.7 Å². The van der Waals surface area contributed by atoms with Crippen molar-refractivity contribution in [3.8, 4) is 0 Å². The molecule has 0 spiro atoms. The van der Waals surface area contributed by atoms with Crippen molar-refractivity contribution in [1.82, 2.24) is 4.57 Å². The number of methoxy groups -OCH3 is 1. The molecule has 2 heterocycles. The largest absolute Gasteiger partial charge is 0.465 e. The molecule has 1 aliphatic carbocycles. The molecular formula is C22H23N3O4S3. The van der Waals surface area contributed by atoms with Crippen LogP contribution in [-0.4, -0.2) is 41.0 Å². The summed E-state index contributed by atoms with van der Waals surface area (Å²) >= 11 is 4.13. The number of thioether (sulfide) groups is 1. The highest BCUT2D eigenvalue weighted by Gasteiger charge is 2.28. The van der Waals surface area contributed by atoms with E-state index in [9.17, 15) is 14.4 Å². The van der Waals surface area contributed by atoms with Crippen molar-refractivity contribution in [1.29, 1.82) is 0 Å². The van der Waals surface area contributed by atoms with E-state index in [-0.39, 0.29) is 23.3 Å². The Bertz CT molecular complexity index is 1260. The smallest absolute Gasteiger partial charge is 0.341 e. The van der Waals surface area contributed by atoms with E-state index < -0.39 is 5.97 Å². The Balaban J connectivity index is 1.38. The number of hydrogen-bond acceptors (Lipinski definition) is 7. The summed E-state index contributed by atoms with van der Waals surface area (Å²) in [7, 11) is 1.34. The molecule has 0 radical (unpaired) electrons.